The van der Waals surface area contributed by atoms with Crippen LogP contribution in [-0.4, -0.2) is 29.8 Å². The Labute approximate surface area is 149 Å². The van der Waals surface area contributed by atoms with Crippen LogP contribution >= 0.6 is 0 Å². The van der Waals surface area contributed by atoms with Crippen LogP contribution in [0.2, 0.25) is 0 Å². The third kappa shape index (κ3) is 3.42. The Morgan fingerprint density at radius 1 is 1.31 bits per heavy atom. The fraction of sp³-hybridized carbons (Fsp3) is 0.100. The van der Waals surface area contributed by atoms with Gasteiger partial charge in [-0.05, 0) is 35.9 Å². The van der Waals surface area contributed by atoms with Crippen LogP contribution in [0, 0.1) is 18.2 Å². The third-order valence-electron chi connectivity index (χ3n) is 3.81. The number of aromatic amines is 1. The van der Waals surface area contributed by atoms with E-state index < -0.39 is 0 Å². The summed E-state index contributed by atoms with van der Waals surface area (Å²) in [6.07, 6.45) is 8.76. The molecular weight excluding hydrogens is 333 g/mol. The Morgan fingerprint density at radius 3 is 2.77 bits per heavy atom. The van der Waals surface area contributed by atoms with Crippen molar-refractivity contribution >= 4 is 29.0 Å². The van der Waals surface area contributed by atoms with E-state index in [9.17, 15) is 9.18 Å². The number of fused-ring (bicyclic) bond motifs is 1. The second-order valence-electron chi connectivity index (χ2n) is 5.45. The molecule has 26 heavy (non-hydrogen) atoms. The summed E-state index contributed by atoms with van der Waals surface area (Å²) in [6.45, 7) is 0.128. The first kappa shape index (κ1) is 17.2. The smallest absolute Gasteiger partial charge is 0.255 e. The van der Waals surface area contributed by atoms with Crippen LogP contribution in [0.4, 0.5) is 4.39 Å². The number of benzene rings is 2. The first-order chi connectivity index (χ1) is 12.6. The summed E-state index contributed by atoms with van der Waals surface area (Å²) in [5.41, 5.74) is 2.53. The van der Waals surface area contributed by atoms with Crippen molar-refractivity contribution in [3.05, 3.63) is 59.0 Å². The zero-order valence-corrected chi connectivity index (χ0v) is 14.0. The van der Waals surface area contributed by atoms with E-state index in [0.717, 1.165) is 11.1 Å². The SMILES string of the molecule is C#CCNC(=O)c1ccc2[nH]nc(C=Cc3ccc(F)cc3)c2c1OC. The number of nitrogens with one attached hydrogen (secondary N) is 2. The predicted octanol–water partition coefficient (Wildman–Crippen LogP) is 3.24. The van der Waals surface area contributed by atoms with Gasteiger partial charge in [-0.2, -0.15) is 5.10 Å². The van der Waals surface area contributed by atoms with Gasteiger partial charge in [-0.15, -0.1) is 6.42 Å². The number of methoxy groups -OCH3 is 1. The minimum atomic E-state index is -0.323. The molecule has 0 bridgehead atoms. The van der Waals surface area contributed by atoms with Crippen molar-refractivity contribution in [2.45, 2.75) is 0 Å². The van der Waals surface area contributed by atoms with Gasteiger partial charge in [-0.3, -0.25) is 9.89 Å². The maximum atomic E-state index is 13.0. The molecule has 0 saturated heterocycles. The van der Waals surface area contributed by atoms with Gasteiger partial charge in [0.25, 0.3) is 5.91 Å². The molecular formula is C20H16FN3O2. The van der Waals surface area contributed by atoms with E-state index in [-0.39, 0.29) is 18.3 Å². The molecule has 5 nitrogen and oxygen atoms in total. The standard InChI is InChI=1S/C20H16FN3O2/c1-3-12-22-20(25)15-9-11-17-18(19(15)26-2)16(23-24-17)10-6-13-4-7-14(21)8-5-13/h1,4-11H,12H2,2H3,(H,22,25)(H,23,24). The summed E-state index contributed by atoms with van der Waals surface area (Å²) < 4.78 is 18.5. The van der Waals surface area contributed by atoms with Crippen LogP contribution < -0.4 is 10.1 Å². The second kappa shape index (κ2) is 7.53. The normalized spacial score (nSPS) is 10.8. The molecule has 0 unspecified atom stereocenters. The minimum absolute atomic E-state index is 0.128. The van der Waals surface area contributed by atoms with E-state index in [0.29, 0.717) is 22.4 Å². The number of ether oxygens (including phenoxy) is 1. The molecule has 0 saturated carbocycles. The number of hydrogen-bond acceptors (Lipinski definition) is 3. The van der Waals surface area contributed by atoms with Gasteiger partial charge in [0.05, 0.1) is 35.8 Å². The fourth-order valence-electron chi connectivity index (χ4n) is 2.59. The number of aromatic nitrogens is 2. The van der Waals surface area contributed by atoms with Crippen molar-refractivity contribution in [1.82, 2.24) is 15.5 Å². The molecule has 0 aliphatic rings. The van der Waals surface area contributed by atoms with Crippen molar-refractivity contribution in [2.75, 3.05) is 13.7 Å². The Bertz CT molecular complexity index is 1010. The molecule has 6 heteroatoms. The summed E-state index contributed by atoms with van der Waals surface area (Å²) in [7, 11) is 1.49. The third-order valence-corrected chi connectivity index (χ3v) is 3.81. The largest absolute Gasteiger partial charge is 0.495 e. The van der Waals surface area contributed by atoms with Crippen LogP contribution in [0.1, 0.15) is 21.6 Å². The summed E-state index contributed by atoms with van der Waals surface area (Å²) in [4.78, 5) is 12.3. The Balaban J connectivity index is 2.02. The second-order valence-corrected chi connectivity index (χ2v) is 5.45. The summed E-state index contributed by atoms with van der Waals surface area (Å²) in [5, 5.41) is 10.5. The lowest BCUT2D eigenvalue weighted by molar-refractivity contribution is 0.0956. The molecule has 2 N–H and O–H groups in total. The van der Waals surface area contributed by atoms with E-state index in [1.165, 1.54) is 19.2 Å². The van der Waals surface area contributed by atoms with Gasteiger partial charge in [0.2, 0.25) is 0 Å². The predicted molar refractivity (Wildman–Crippen MR) is 99.1 cm³/mol. The van der Waals surface area contributed by atoms with Gasteiger partial charge in [0.15, 0.2) is 0 Å². The van der Waals surface area contributed by atoms with Crippen molar-refractivity contribution in [3.8, 4) is 18.1 Å². The van der Waals surface area contributed by atoms with Crippen LogP contribution in [0.3, 0.4) is 0 Å². The lowest BCUT2D eigenvalue weighted by atomic mass is 10.1. The maximum Gasteiger partial charge on any atom is 0.255 e. The zero-order chi connectivity index (χ0) is 18.5. The van der Waals surface area contributed by atoms with Crippen LogP contribution in [0.5, 0.6) is 5.75 Å². The lowest BCUT2D eigenvalue weighted by Crippen LogP contribution is -2.24. The number of halogens is 1. The highest BCUT2D eigenvalue weighted by Crippen LogP contribution is 2.32. The van der Waals surface area contributed by atoms with Gasteiger partial charge in [0, 0.05) is 0 Å². The fourth-order valence-corrected chi connectivity index (χ4v) is 2.59. The number of rotatable bonds is 5. The zero-order valence-electron chi connectivity index (χ0n) is 14.0. The quantitative estimate of drug-likeness (QED) is 0.695. The maximum absolute atomic E-state index is 13.0. The highest BCUT2D eigenvalue weighted by atomic mass is 19.1. The first-order valence-electron chi connectivity index (χ1n) is 7.84. The van der Waals surface area contributed by atoms with E-state index in [1.807, 2.05) is 0 Å². The molecule has 1 amide bonds. The van der Waals surface area contributed by atoms with Gasteiger partial charge in [-0.1, -0.05) is 24.1 Å². The number of nitrogens with zero attached hydrogens (tertiary/aromatic N) is 1. The average molecular weight is 349 g/mol. The number of H-pyrrole nitrogens is 1. The van der Waals surface area contributed by atoms with Crippen molar-refractivity contribution < 1.29 is 13.9 Å². The molecule has 1 aromatic heterocycles. The van der Waals surface area contributed by atoms with Crippen molar-refractivity contribution in [3.63, 3.8) is 0 Å². The highest BCUT2D eigenvalue weighted by Gasteiger charge is 2.18. The lowest BCUT2D eigenvalue weighted by Gasteiger charge is -2.09. The molecule has 0 radical (unpaired) electrons. The molecule has 3 rings (SSSR count). The molecule has 0 aliphatic heterocycles. The molecule has 0 fully saturated rings. The molecule has 2 aromatic carbocycles. The summed E-state index contributed by atoms with van der Waals surface area (Å²) >= 11 is 0. The number of terminal acetylenes is 1. The van der Waals surface area contributed by atoms with Gasteiger partial charge in [0.1, 0.15) is 11.6 Å². The van der Waals surface area contributed by atoms with E-state index >= 15 is 0 Å². The van der Waals surface area contributed by atoms with E-state index in [1.54, 1.807) is 36.4 Å². The Hall–Kier alpha value is -3.59. The summed E-state index contributed by atoms with van der Waals surface area (Å²) in [6, 6.07) is 9.50. The molecule has 1 heterocycles. The minimum Gasteiger partial charge on any atom is -0.495 e. The molecule has 0 aliphatic carbocycles. The number of carbonyl (C=O) groups excluding carboxylic acids is 1. The van der Waals surface area contributed by atoms with Crippen LogP contribution in [0.25, 0.3) is 23.1 Å². The number of amides is 1. The van der Waals surface area contributed by atoms with Gasteiger partial charge >= 0.3 is 0 Å². The van der Waals surface area contributed by atoms with E-state index in [4.69, 9.17) is 11.2 Å². The van der Waals surface area contributed by atoms with E-state index in [2.05, 4.69) is 21.4 Å². The first-order valence-corrected chi connectivity index (χ1v) is 7.84. The van der Waals surface area contributed by atoms with Gasteiger partial charge in [-0.25, -0.2) is 4.39 Å². The van der Waals surface area contributed by atoms with Gasteiger partial charge < -0.3 is 10.1 Å². The molecule has 0 atom stereocenters. The molecule has 0 spiro atoms. The van der Waals surface area contributed by atoms with Crippen LogP contribution in [0.15, 0.2) is 36.4 Å². The number of carbonyl (C=O) groups is 1. The van der Waals surface area contributed by atoms with Crippen LogP contribution in [-0.2, 0) is 0 Å². The molecule has 130 valence electrons. The Morgan fingerprint density at radius 2 is 2.08 bits per heavy atom. The highest BCUT2D eigenvalue weighted by molar-refractivity contribution is 6.05. The summed E-state index contributed by atoms with van der Waals surface area (Å²) in [5.74, 6) is 2.15. The monoisotopic (exact) mass is 349 g/mol. The topological polar surface area (TPSA) is 67.0 Å². The average Bonchev–Trinajstić information content (AvgIpc) is 3.08. The number of hydrogen-bond donors (Lipinski definition) is 2. The Kier molecular flexibility index (Phi) is 4.99. The molecule has 3 aromatic rings. The van der Waals surface area contributed by atoms with Crippen molar-refractivity contribution in [2.24, 2.45) is 0 Å². The van der Waals surface area contributed by atoms with Crippen molar-refractivity contribution in [1.29, 1.82) is 0 Å².